The number of aromatic nitrogens is 1. The second-order valence-electron chi connectivity index (χ2n) is 6.89. The van der Waals surface area contributed by atoms with Crippen LogP contribution in [0.2, 0.25) is 0 Å². The lowest BCUT2D eigenvalue weighted by Crippen LogP contribution is -2.14. The van der Waals surface area contributed by atoms with Crippen molar-refractivity contribution in [2.45, 2.75) is 0 Å². The van der Waals surface area contributed by atoms with Crippen molar-refractivity contribution in [1.29, 1.82) is 0 Å². The first-order chi connectivity index (χ1) is 16.4. The highest BCUT2D eigenvalue weighted by molar-refractivity contribution is 7.07. The molecule has 10 nitrogen and oxygen atoms in total. The van der Waals surface area contributed by atoms with Crippen molar-refractivity contribution in [3.8, 4) is 34.3 Å². The molecular weight excluding hydrogens is 460 g/mol. The number of methoxy groups -OCH3 is 4. The number of ether oxygens (including phenoxy) is 4. The average Bonchev–Trinajstić information content (AvgIpc) is 3.24. The molecule has 2 aromatic carbocycles. The van der Waals surface area contributed by atoms with Crippen molar-refractivity contribution >= 4 is 23.5 Å². The zero-order valence-corrected chi connectivity index (χ0v) is 20.1. The van der Waals surface area contributed by atoms with Gasteiger partial charge in [0.15, 0.2) is 11.5 Å². The Morgan fingerprint density at radius 1 is 1.12 bits per heavy atom. The SMILES string of the molecule is COCCN=c1scc(-c2ccc(O)c(C(N)=O)c2)n1/N=C\c1cc(OC)c(OC)c(OC)c1. The van der Waals surface area contributed by atoms with Gasteiger partial charge in [0.05, 0.1) is 52.0 Å². The Morgan fingerprint density at radius 2 is 1.82 bits per heavy atom. The summed E-state index contributed by atoms with van der Waals surface area (Å²) in [5, 5.41) is 16.5. The highest BCUT2D eigenvalue weighted by atomic mass is 32.1. The van der Waals surface area contributed by atoms with Gasteiger partial charge in [-0.1, -0.05) is 0 Å². The molecule has 1 aromatic heterocycles. The Hall–Kier alpha value is -3.83. The minimum Gasteiger partial charge on any atom is -0.507 e. The van der Waals surface area contributed by atoms with Crippen molar-refractivity contribution in [3.05, 3.63) is 51.6 Å². The number of amides is 1. The molecule has 11 heteroatoms. The minimum absolute atomic E-state index is 0.0155. The topological polar surface area (TPSA) is 130 Å². The molecule has 0 saturated carbocycles. The van der Waals surface area contributed by atoms with Gasteiger partial charge >= 0.3 is 0 Å². The molecule has 1 amide bonds. The zero-order chi connectivity index (χ0) is 24.7. The molecule has 0 aliphatic rings. The van der Waals surface area contributed by atoms with Crippen LogP contribution in [0.1, 0.15) is 15.9 Å². The summed E-state index contributed by atoms with van der Waals surface area (Å²) >= 11 is 1.38. The number of carbonyl (C=O) groups is 1. The van der Waals surface area contributed by atoms with Crippen LogP contribution in [0.3, 0.4) is 0 Å². The van der Waals surface area contributed by atoms with E-state index in [0.29, 0.717) is 52.0 Å². The lowest BCUT2D eigenvalue weighted by atomic mass is 10.1. The van der Waals surface area contributed by atoms with Crippen LogP contribution >= 0.6 is 11.3 Å². The Balaban J connectivity index is 2.13. The summed E-state index contributed by atoms with van der Waals surface area (Å²) in [6, 6.07) is 8.15. The van der Waals surface area contributed by atoms with Crippen molar-refractivity contribution < 1.29 is 28.8 Å². The predicted molar refractivity (Wildman–Crippen MR) is 129 cm³/mol. The maximum Gasteiger partial charge on any atom is 0.252 e. The number of rotatable bonds is 10. The summed E-state index contributed by atoms with van der Waals surface area (Å²) in [5.41, 5.74) is 7.41. The summed E-state index contributed by atoms with van der Waals surface area (Å²) in [5.74, 6) is 0.544. The van der Waals surface area contributed by atoms with E-state index in [1.54, 1.807) is 36.2 Å². The van der Waals surface area contributed by atoms with Gasteiger partial charge in [0.2, 0.25) is 10.6 Å². The standard InChI is InChI=1S/C23H26N4O6S/c1-30-8-7-25-23-27(17(13-34-23)15-5-6-18(28)16(11-15)22(24)29)26-12-14-9-19(31-2)21(33-4)20(10-14)32-3/h5-6,9-13,28H,7-8H2,1-4H3,(H2,24,29)/b25-23?,26-12-. The highest BCUT2D eigenvalue weighted by Crippen LogP contribution is 2.37. The van der Waals surface area contributed by atoms with Crippen LogP contribution in [0, 0.1) is 0 Å². The van der Waals surface area contributed by atoms with Gasteiger partial charge in [0.25, 0.3) is 5.91 Å². The summed E-state index contributed by atoms with van der Waals surface area (Å²) in [4.78, 5) is 16.9. The molecule has 3 rings (SSSR count). The predicted octanol–water partition coefficient (Wildman–Crippen LogP) is 2.48. The van der Waals surface area contributed by atoms with Gasteiger partial charge in [0.1, 0.15) is 5.75 Å². The maximum absolute atomic E-state index is 11.7. The van der Waals surface area contributed by atoms with E-state index >= 15 is 0 Å². The summed E-state index contributed by atoms with van der Waals surface area (Å²) < 4.78 is 22.9. The molecule has 0 saturated heterocycles. The number of thiazole rings is 1. The van der Waals surface area contributed by atoms with E-state index in [1.165, 1.54) is 44.8 Å². The summed E-state index contributed by atoms with van der Waals surface area (Å²) in [6.07, 6.45) is 1.63. The molecule has 180 valence electrons. The molecule has 0 fully saturated rings. The first-order valence-corrected chi connectivity index (χ1v) is 11.0. The number of hydrogen-bond acceptors (Lipinski definition) is 9. The molecule has 0 radical (unpaired) electrons. The Labute approximate surface area is 200 Å². The number of primary amides is 1. The van der Waals surface area contributed by atoms with Crippen LogP contribution in [-0.4, -0.2) is 63.5 Å². The third-order valence-corrected chi connectivity index (χ3v) is 5.65. The third kappa shape index (κ3) is 5.38. The fourth-order valence-electron chi connectivity index (χ4n) is 3.14. The smallest absolute Gasteiger partial charge is 0.252 e. The van der Waals surface area contributed by atoms with Crippen LogP contribution in [0.15, 0.2) is 45.8 Å². The van der Waals surface area contributed by atoms with Gasteiger partial charge in [-0.2, -0.15) is 5.10 Å². The van der Waals surface area contributed by atoms with Crippen molar-refractivity contribution in [2.24, 2.45) is 15.8 Å². The number of hydrogen-bond donors (Lipinski definition) is 2. The van der Waals surface area contributed by atoms with Crippen LogP contribution < -0.4 is 24.7 Å². The van der Waals surface area contributed by atoms with Crippen molar-refractivity contribution in [1.82, 2.24) is 4.68 Å². The maximum atomic E-state index is 11.7. The van der Waals surface area contributed by atoms with E-state index < -0.39 is 5.91 Å². The van der Waals surface area contributed by atoms with Gasteiger partial charge in [-0.3, -0.25) is 9.79 Å². The van der Waals surface area contributed by atoms with Crippen LogP contribution in [-0.2, 0) is 4.74 Å². The number of carbonyl (C=O) groups excluding carboxylic acids is 1. The average molecular weight is 487 g/mol. The van der Waals surface area contributed by atoms with Gasteiger partial charge in [0, 0.05) is 23.6 Å². The van der Waals surface area contributed by atoms with Crippen LogP contribution in [0.25, 0.3) is 11.3 Å². The first-order valence-electron chi connectivity index (χ1n) is 10.1. The first kappa shape index (κ1) is 24.8. The molecule has 0 bridgehead atoms. The molecule has 3 aromatic rings. The largest absolute Gasteiger partial charge is 0.507 e. The normalized spacial score (nSPS) is 11.7. The highest BCUT2D eigenvalue weighted by Gasteiger charge is 2.15. The number of benzene rings is 2. The quantitative estimate of drug-likeness (QED) is 0.335. The van der Waals surface area contributed by atoms with Crippen molar-refractivity contribution in [2.75, 3.05) is 41.6 Å². The second kappa shape index (κ2) is 11.3. The molecule has 1 heterocycles. The number of phenols is 1. The van der Waals surface area contributed by atoms with E-state index in [9.17, 15) is 9.90 Å². The third-order valence-electron chi connectivity index (χ3n) is 4.79. The molecule has 0 aliphatic carbocycles. The molecule has 3 N–H and O–H groups in total. The van der Waals surface area contributed by atoms with Crippen LogP contribution in [0.4, 0.5) is 0 Å². The van der Waals surface area contributed by atoms with E-state index in [4.69, 9.17) is 24.7 Å². The van der Waals surface area contributed by atoms with E-state index in [-0.39, 0.29) is 11.3 Å². The fraction of sp³-hybridized carbons (Fsp3) is 0.261. The van der Waals surface area contributed by atoms with Gasteiger partial charge in [-0.05, 0) is 30.3 Å². The molecular formula is C23H26N4O6S. The lowest BCUT2D eigenvalue weighted by molar-refractivity contribution is 0.0998. The summed E-state index contributed by atoms with van der Waals surface area (Å²) in [7, 11) is 6.22. The Kier molecular flexibility index (Phi) is 8.28. The Morgan fingerprint density at radius 3 is 2.41 bits per heavy atom. The molecule has 0 spiro atoms. The number of aromatic hydroxyl groups is 1. The monoisotopic (exact) mass is 486 g/mol. The molecule has 0 aliphatic heterocycles. The summed E-state index contributed by atoms with van der Waals surface area (Å²) in [6.45, 7) is 0.896. The van der Waals surface area contributed by atoms with Crippen LogP contribution in [0.5, 0.6) is 23.0 Å². The Bertz CT molecular complexity index is 1240. The van der Waals surface area contributed by atoms with Crippen molar-refractivity contribution in [3.63, 3.8) is 0 Å². The second-order valence-corrected chi connectivity index (χ2v) is 7.73. The van der Waals surface area contributed by atoms with E-state index in [1.807, 2.05) is 5.38 Å². The zero-order valence-electron chi connectivity index (χ0n) is 19.3. The minimum atomic E-state index is -0.730. The van der Waals surface area contributed by atoms with E-state index in [2.05, 4.69) is 10.1 Å². The molecule has 0 atom stereocenters. The van der Waals surface area contributed by atoms with E-state index in [0.717, 1.165) is 0 Å². The number of nitrogens with zero attached hydrogens (tertiary/aromatic N) is 3. The molecule has 0 unspecified atom stereocenters. The van der Waals surface area contributed by atoms with Gasteiger partial charge in [-0.15, -0.1) is 11.3 Å². The van der Waals surface area contributed by atoms with Gasteiger partial charge < -0.3 is 29.8 Å². The molecule has 34 heavy (non-hydrogen) atoms. The lowest BCUT2D eigenvalue weighted by Gasteiger charge is -2.12. The van der Waals surface area contributed by atoms with Gasteiger partial charge in [-0.25, -0.2) is 4.68 Å². The fourth-order valence-corrected chi connectivity index (χ4v) is 4.01. The number of nitrogens with two attached hydrogens (primary N) is 1.